The van der Waals surface area contributed by atoms with Crippen LogP contribution in [0.5, 0.6) is 11.6 Å². The third kappa shape index (κ3) is 8.77. The molecule has 0 radical (unpaired) electrons. The number of hydrazine groups is 2. The molecule has 2 saturated heterocycles. The Balaban J connectivity index is 1.16. The van der Waals surface area contributed by atoms with Crippen molar-refractivity contribution in [2.75, 3.05) is 45.4 Å². The number of rotatable bonds is 16. The van der Waals surface area contributed by atoms with Crippen molar-refractivity contribution in [3.8, 4) is 28.8 Å². The number of fused-ring (bicyclic) bond motifs is 2. The topological polar surface area (TPSA) is 185 Å². The molecule has 3 aromatic rings. The molecule has 0 amide bonds. The van der Waals surface area contributed by atoms with Gasteiger partial charge in [0.25, 0.3) is 5.88 Å². The van der Waals surface area contributed by atoms with E-state index in [9.17, 15) is 5.26 Å². The van der Waals surface area contributed by atoms with Crippen molar-refractivity contribution in [1.82, 2.24) is 35.2 Å². The molecule has 3 atom stereocenters. The monoisotopic (exact) mass is 701 g/mol. The maximum absolute atomic E-state index is 9.68. The van der Waals surface area contributed by atoms with Crippen molar-refractivity contribution in [3.63, 3.8) is 0 Å². The van der Waals surface area contributed by atoms with E-state index in [0.717, 1.165) is 56.4 Å². The zero-order chi connectivity index (χ0) is 36.0. The van der Waals surface area contributed by atoms with Gasteiger partial charge >= 0.3 is 0 Å². The summed E-state index contributed by atoms with van der Waals surface area (Å²) < 4.78 is 25.7. The van der Waals surface area contributed by atoms with Gasteiger partial charge in [-0.25, -0.2) is 9.97 Å². The van der Waals surface area contributed by atoms with Gasteiger partial charge in [0, 0.05) is 48.6 Å². The summed E-state index contributed by atoms with van der Waals surface area (Å²) in [6.07, 6.45) is 13.1. The summed E-state index contributed by atoms with van der Waals surface area (Å²) in [5.41, 5.74) is 4.86. The first-order chi connectivity index (χ1) is 24.7. The summed E-state index contributed by atoms with van der Waals surface area (Å²) in [5, 5.41) is 26.8. The highest BCUT2D eigenvalue weighted by atomic mass is 16.5. The van der Waals surface area contributed by atoms with Crippen molar-refractivity contribution in [2.24, 2.45) is 11.3 Å². The van der Waals surface area contributed by atoms with Gasteiger partial charge in [-0.1, -0.05) is 19.9 Å². The summed E-state index contributed by atoms with van der Waals surface area (Å²) in [5.74, 6) is 6.78. The average molecular weight is 702 g/mol. The van der Waals surface area contributed by atoms with Crippen LogP contribution < -0.4 is 26.2 Å². The van der Waals surface area contributed by atoms with Crippen molar-refractivity contribution in [2.45, 2.75) is 89.6 Å². The van der Waals surface area contributed by atoms with E-state index in [1.807, 2.05) is 19.2 Å². The van der Waals surface area contributed by atoms with E-state index in [1.54, 1.807) is 31.6 Å². The Labute approximate surface area is 299 Å². The van der Waals surface area contributed by atoms with Gasteiger partial charge in [0.2, 0.25) is 5.95 Å². The number of morpholine rings is 1. The number of nitriles is 1. The van der Waals surface area contributed by atoms with Crippen molar-refractivity contribution in [3.05, 3.63) is 42.4 Å². The predicted molar refractivity (Wildman–Crippen MR) is 193 cm³/mol. The number of ether oxygens (including phenoxy) is 4. The minimum Gasteiger partial charge on any atom is -0.487 e. The van der Waals surface area contributed by atoms with E-state index in [-0.39, 0.29) is 17.6 Å². The van der Waals surface area contributed by atoms with E-state index in [2.05, 4.69) is 50.3 Å². The molecular formula is C36H51N11O4. The third-order valence-corrected chi connectivity index (χ3v) is 10.0. The lowest BCUT2D eigenvalue weighted by atomic mass is 9.89. The van der Waals surface area contributed by atoms with E-state index >= 15 is 0 Å². The zero-order valence-electron chi connectivity index (χ0n) is 30.0. The second kappa shape index (κ2) is 16.3. The van der Waals surface area contributed by atoms with Gasteiger partial charge in [0.1, 0.15) is 23.6 Å². The number of aromatic nitrogens is 4. The molecule has 3 aliphatic rings. The number of nitrogens with zero attached hydrogens (tertiary/aromatic N) is 7. The molecule has 0 spiro atoms. The lowest BCUT2D eigenvalue weighted by molar-refractivity contribution is -0.0458. The Bertz CT molecular complexity index is 1640. The molecule has 2 aromatic heterocycles. The minimum atomic E-state index is -0.361. The van der Waals surface area contributed by atoms with Gasteiger partial charge in [-0.3, -0.25) is 25.8 Å². The molecule has 6 rings (SSSR count). The van der Waals surface area contributed by atoms with Crippen LogP contribution in [-0.4, -0.2) is 100 Å². The normalized spacial score (nSPS) is 22.6. The first kappa shape index (κ1) is 36.5. The Morgan fingerprint density at radius 1 is 1.08 bits per heavy atom. The quantitative estimate of drug-likeness (QED) is 0.0713. The SMILES string of the molecule is COCC(C)(C)COc1nn(C2CCC(N3[C@@H]4CC[C@H]3COC4)CC2)cc1Nc1ncc(-c2ccc(C#N)c(O[C@@H](C)CN(C=N)NN)c2)cn1. The molecule has 3 fully saturated rings. The molecule has 15 heteroatoms. The lowest BCUT2D eigenvalue weighted by Gasteiger charge is -2.43. The van der Waals surface area contributed by atoms with Crippen LogP contribution in [0.25, 0.3) is 11.1 Å². The van der Waals surface area contributed by atoms with Crippen LogP contribution in [0.2, 0.25) is 0 Å². The van der Waals surface area contributed by atoms with Gasteiger partial charge in [-0.2, -0.15) is 10.8 Å². The predicted octanol–water partition coefficient (Wildman–Crippen LogP) is 4.41. The van der Waals surface area contributed by atoms with E-state index in [0.29, 0.717) is 66.7 Å². The number of methoxy groups -OCH3 is 1. The molecule has 1 saturated carbocycles. The first-order valence-electron chi connectivity index (χ1n) is 17.8. The third-order valence-electron chi connectivity index (χ3n) is 10.0. The molecule has 2 bridgehead atoms. The summed E-state index contributed by atoms with van der Waals surface area (Å²) in [6, 6.07) is 9.57. The largest absolute Gasteiger partial charge is 0.487 e. The molecule has 15 nitrogen and oxygen atoms in total. The van der Waals surface area contributed by atoms with Crippen LogP contribution >= 0.6 is 0 Å². The Hall–Kier alpha value is -4.33. The second-order valence-electron chi connectivity index (χ2n) is 14.6. The summed E-state index contributed by atoms with van der Waals surface area (Å²) in [6.45, 7) is 9.08. The van der Waals surface area contributed by atoms with Gasteiger partial charge in [-0.05, 0) is 63.1 Å². The first-order valence-corrected chi connectivity index (χ1v) is 17.8. The van der Waals surface area contributed by atoms with Crippen LogP contribution in [-0.2, 0) is 9.47 Å². The molecule has 4 heterocycles. The van der Waals surface area contributed by atoms with Gasteiger partial charge in [0.15, 0.2) is 0 Å². The van der Waals surface area contributed by atoms with E-state index in [1.165, 1.54) is 17.9 Å². The van der Waals surface area contributed by atoms with Gasteiger partial charge in [0.05, 0.1) is 57.1 Å². The maximum atomic E-state index is 9.68. The van der Waals surface area contributed by atoms with Crippen LogP contribution in [0.1, 0.15) is 70.9 Å². The average Bonchev–Trinajstić information content (AvgIpc) is 3.65. The molecule has 51 heavy (non-hydrogen) atoms. The fraction of sp³-hybridized carbons (Fsp3) is 0.583. The Kier molecular flexibility index (Phi) is 11.7. The van der Waals surface area contributed by atoms with Crippen molar-refractivity contribution < 1.29 is 18.9 Å². The second-order valence-corrected chi connectivity index (χ2v) is 14.6. The van der Waals surface area contributed by atoms with Crippen LogP contribution in [0.15, 0.2) is 36.8 Å². The smallest absolute Gasteiger partial charge is 0.256 e. The number of benzene rings is 1. The Morgan fingerprint density at radius 2 is 1.76 bits per heavy atom. The molecule has 0 unspecified atom stereocenters. The van der Waals surface area contributed by atoms with Crippen molar-refractivity contribution in [1.29, 1.82) is 10.7 Å². The molecule has 1 aromatic carbocycles. The standard InChI is InChI=1S/C36H51N11O4/c1-24(17-45(23-38)44-39)51-33-13-25(5-6-26(33)14-37)27-15-40-35(41-16-27)42-32-18-46(43-34(32)50-22-36(2,3)21-48-4)28-7-9-29(10-8-28)47-30-11-12-31(47)20-49-19-30/h5-6,13,15-16,18,23-24,28-31,38,44H,7-12,17,19-22,39H2,1-4H3,(H,40,41,42)/t24-,28?,29?,30-,31+/m0/s1. The molecule has 2 aliphatic heterocycles. The highest BCUT2D eigenvalue weighted by molar-refractivity contribution is 5.67. The number of hydrogen-bond donors (Lipinski definition) is 4. The highest BCUT2D eigenvalue weighted by Crippen LogP contribution is 2.40. The lowest BCUT2D eigenvalue weighted by Crippen LogP contribution is -2.52. The maximum Gasteiger partial charge on any atom is 0.256 e. The molecular weight excluding hydrogens is 650 g/mol. The zero-order valence-corrected chi connectivity index (χ0v) is 30.0. The number of hydrogen-bond acceptors (Lipinski definition) is 13. The molecule has 5 N–H and O–H groups in total. The summed E-state index contributed by atoms with van der Waals surface area (Å²) >= 11 is 0. The molecule has 1 aliphatic carbocycles. The molecule has 274 valence electrons. The van der Waals surface area contributed by atoms with Gasteiger partial charge in [-0.15, -0.1) is 5.10 Å². The van der Waals surface area contributed by atoms with Crippen LogP contribution in [0, 0.1) is 22.2 Å². The van der Waals surface area contributed by atoms with E-state index < -0.39 is 0 Å². The summed E-state index contributed by atoms with van der Waals surface area (Å²) in [4.78, 5) is 12.0. The van der Waals surface area contributed by atoms with Crippen molar-refractivity contribution >= 4 is 18.0 Å². The van der Waals surface area contributed by atoms with E-state index in [4.69, 9.17) is 35.3 Å². The summed E-state index contributed by atoms with van der Waals surface area (Å²) in [7, 11) is 1.70. The van der Waals surface area contributed by atoms with Gasteiger partial charge < -0.3 is 24.3 Å². The Morgan fingerprint density at radius 3 is 2.41 bits per heavy atom. The number of nitrogens with two attached hydrogens (primary N) is 1. The minimum absolute atomic E-state index is 0.203. The highest BCUT2D eigenvalue weighted by Gasteiger charge is 2.42. The van der Waals surface area contributed by atoms with Crippen LogP contribution in [0.3, 0.4) is 0 Å². The van der Waals surface area contributed by atoms with Crippen LogP contribution in [0.4, 0.5) is 11.6 Å². The number of anilines is 2. The number of nitrogens with one attached hydrogen (secondary N) is 3. The fourth-order valence-electron chi connectivity index (χ4n) is 7.56. The fourth-order valence-corrected chi connectivity index (χ4v) is 7.56.